The molecule has 116 heavy (non-hydrogen) atoms. The lowest BCUT2D eigenvalue weighted by atomic mass is 9.62. The van der Waals surface area contributed by atoms with Gasteiger partial charge in [-0.15, -0.1) is 22.7 Å². The van der Waals surface area contributed by atoms with Crippen LogP contribution >= 0.6 is 46.2 Å². The quantitative estimate of drug-likeness (QED) is 0.0274. The zero-order valence-corrected chi connectivity index (χ0v) is 75.1. The number of carbonyl (C=O) groups is 2. The minimum Gasteiger partial charge on any atom is -0.507 e. The highest BCUT2D eigenvalue weighted by Gasteiger charge is 2.49. The van der Waals surface area contributed by atoms with Crippen LogP contribution in [0.25, 0.3) is 140 Å². The average molecular weight is 1660 g/mol. The van der Waals surface area contributed by atoms with Crippen molar-refractivity contribution in [2.45, 2.75) is 245 Å². The fourth-order valence-electron chi connectivity index (χ4n) is 25.6. The summed E-state index contributed by atoms with van der Waals surface area (Å²) in [6.07, 6.45) is 29.3. The number of Topliss-reactive ketones (excluding diaryl/α,β-unsaturated/α-hetero) is 2. The highest BCUT2D eigenvalue weighted by atomic mass is 32.2. The molecule has 2 saturated carbocycles. The number of carbonyl (C=O) groups excluding carboxylic acids is 2. The van der Waals surface area contributed by atoms with Gasteiger partial charge in [0.2, 0.25) is 0 Å². The number of phenols is 2. The number of aryl methyl sites for hydroxylation is 2. The molecular weight excluding hydrogens is 1550 g/mol. The molecule has 6 aliphatic carbocycles. The van der Waals surface area contributed by atoms with Crippen molar-refractivity contribution in [3.63, 3.8) is 0 Å². The fourth-order valence-corrected chi connectivity index (χ4v) is 34.5. The van der Waals surface area contributed by atoms with Crippen LogP contribution < -0.4 is 10.4 Å². The van der Waals surface area contributed by atoms with Crippen molar-refractivity contribution in [1.82, 2.24) is 19.9 Å². The van der Waals surface area contributed by atoms with E-state index in [4.69, 9.17) is 9.97 Å². The first-order valence-electron chi connectivity index (χ1n) is 45.3. The predicted octanol–water partition coefficient (Wildman–Crippen LogP) is 25.8. The number of benzene rings is 8. The third-order valence-electron chi connectivity index (χ3n) is 32.1. The Labute approximate surface area is 703 Å². The maximum Gasteiger partial charge on any atom is 0.180 e. The fraction of sp³-hybridized carbons (Fsp3) is 0.560. The van der Waals surface area contributed by atoms with E-state index >= 15 is 0 Å². The molecule has 0 bridgehead atoms. The highest BCUT2D eigenvalue weighted by Crippen LogP contribution is 2.63. The molecule has 4 N–H and O–H groups in total. The lowest BCUT2D eigenvalue weighted by molar-refractivity contribution is 0.0948. The largest absolute Gasteiger partial charge is 0.507 e. The summed E-state index contributed by atoms with van der Waals surface area (Å²) in [7, 11) is -2.30. The van der Waals surface area contributed by atoms with Gasteiger partial charge in [0.15, 0.2) is 11.6 Å². The molecule has 13 atom stereocenters. The predicted molar refractivity (Wildman–Crippen MR) is 496 cm³/mol. The molecule has 8 heterocycles. The van der Waals surface area contributed by atoms with Gasteiger partial charge in [-0.3, -0.25) is 28.0 Å². The Kier molecular flexibility index (Phi) is 19.7. The molecule has 8 aliphatic rings. The lowest BCUT2D eigenvalue weighted by Gasteiger charge is -2.42. The van der Waals surface area contributed by atoms with Gasteiger partial charge in [-0.2, -0.15) is 23.5 Å². The van der Waals surface area contributed by atoms with Crippen LogP contribution in [0.3, 0.4) is 0 Å². The number of aromatic hydroxyl groups is 2. The van der Waals surface area contributed by atoms with Gasteiger partial charge in [-0.05, 0) is 256 Å². The monoisotopic (exact) mass is 1660 g/mol. The normalized spacial score (nSPS) is 24.0. The molecule has 2 aliphatic heterocycles. The number of nitrogens with zero attached hydrogens (tertiary/aromatic N) is 2. The van der Waals surface area contributed by atoms with Crippen LogP contribution in [0.4, 0.5) is 0 Å². The van der Waals surface area contributed by atoms with Crippen molar-refractivity contribution in [2.75, 3.05) is 34.5 Å². The second-order valence-corrected chi connectivity index (χ2v) is 47.2. The number of rotatable bonds is 28. The Morgan fingerprint density at radius 1 is 0.526 bits per heavy atom. The van der Waals surface area contributed by atoms with Crippen molar-refractivity contribution >= 4 is 219 Å². The number of phenolic OH excluding ortho intramolecular Hbond substituents is 2. The third kappa shape index (κ3) is 11.7. The smallest absolute Gasteiger partial charge is 0.180 e. The number of pyridine rings is 2. The molecule has 6 aromatic heterocycles. The number of H-pyrrole nitrogens is 2. The van der Waals surface area contributed by atoms with Crippen LogP contribution in [0.15, 0.2) is 32.9 Å². The van der Waals surface area contributed by atoms with E-state index in [-0.39, 0.29) is 46.7 Å². The van der Waals surface area contributed by atoms with Crippen molar-refractivity contribution in [2.24, 2.45) is 82.9 Å². The van der Waals surface area contributed by atoms with Crippen LogP contribution in [0, 0.1) is 82.9 Å². The summed E-state index contributed by atoms with van der Waals surface area (Å²) in [5, 5.41) is 47.8. The number of hydrogen-bond acceptors (Lipinski definition) is 12. The number of thiophene rings is 2. The molecule has 0 spiro atoms. The van der Waals surface area contributed by atoms with E-state index in [0.717, 1.165) is 187 Å². The van der Waals surface area contributed by atoms with E-state index in [2.05, 4.69) is 123 Å². The van der Waals surface area contributed by atoms with Crippen LogP contribution in [0.5, 0.6) is 11.5 Å². The summed E-state index contributed by atoms with van der Waals surface area (Å²) in [6.45, 7) is 28.5. The molecular formula is C100H116N4O6S6. The Morgan fingerprint density at radius 2 is 1.06 bits per heavy atom. The minimum absolute atomic E-state index is 0.0353. The molecule has 608 valence electrons. The molecule has 0 amide bonds. The van der Waals surface area contributed by atoms with Gasteiger partial charge in [0.05, 0.1) is 76.0 Å². The summed E-state index contributed by atoms with van der Waals surface area (Å²) in [6, 6.07) is 3.81. The average Bonchev–Trinajstić information content (AvgIpc) is 1.37. The van der Waals surface area contributed by atoms with Gasteiger partial charge in [0.1, 0.15) is 19.9 Å². The minimum atomic E-state index is -1.16. The highest BCUT2D eigenvalue weighted by molar-refractivity contribution is 7.99. The molecule has 16 heteroatoms. The van der Waals surface area contributed by atoms with Gasteiger partial charge >= 0.3 is 0 Å². The molecule has 14 aromatic rings. The Balaban J connectivity index is 0.000000145. The standard InChI is InChI=1S/2C50H58N2O3S3/c1-8-24(5)25(6)15-26(7)36-30-16-34(54)49-45-38(30)43-39-31(36)21-58(55)50-47(39)41-35(57-50)18-51-48-29(37-33(53)17-32(52-49)40(45)42(37)44(43)46(41)48)14-9-23(4)19-56-20-27-10-12-28(13-11-27)22(2)3;1-6-25(4)17-26(5)11-10-14-29-31-18-35(54)49-45-38(31)43-39-32(29)23-58(55)50-47(39)41-36(57-50)20-51-48-30(16-15-28(24(2)3)22-56-21-27-12-8-7-9-13-27)37-34(53)19-33(52-49)40(45)42(37)44(43)46(41)48/h17-18,22-28,30,36,52-53H,8-16,19-21H2,1-7H3;19-20,24-29,31,52-53H,6-18,21-23H2,1-5H3. The van der Waals surface area contributed by atoms with Gasteiger partial charge in [-0.1, -0.05) is 128 Å². The summed E-state index contributed by atoms with van der Waals surface area (Å²) >= 11 is 7.68. The number of aromatic amines is 2. The first kappa shape index (κ1) is 77.4. The van der Waals surface area contributed by atoms with Gasteiger partial charge in [0.25, 0.3) is 0 Å². The van der Waals surface area contributed by atoms with Gasteiger partial charge in [0, 0.05) is 124 Å². The maximum absolute atomic E-state index is 14.6. The molecule has 8 aromatic carbocycles. The zero-order chi connectivity index (χ0) is 79.8. The van der Waals surface area contributed by atoms with Crippen molar-refractivity contribution < 1.29 is 28.2 Å². The Morgan fingerprint density at radius 3 is 1.63 bits per heavy atom. The summed E-state index contributed by atoms with van der Waals surface area (Å²) in [5.74, 6) is 15.3. The maximum atomic E-state index is 14.6. The second-order valence-electron chi connectivity index (χ2n) is 39.7. The third-order valence-corrected chi connectivity index (χ3v) is 40.8. The van der Waals surface area contributed by atoms with E-state index in [0.29, 0.717) is 71.5 Å². The van der Waals surface area contributed by atoms with Crippen LogP contribution in [0.1, 0.15) is 267 Å². The van der Waals surface area contributed by atoms with E-state index in [9.17, 15) is 28.2 Å². The Bertz CT molecular complexity index is 6500. The number of ketones is 2. The first-order valence-corrected chi connectivity index (χ1v) is 51.9. The number of thioether (sulfide) groups is 2. The first-order chi connectivity index (χ1) is 56.1. The SMILES string of the molecule is CCC(C)C(C)CC(C)C1C2=c3c4c(sc5cnc6c(CCC(C)CSCC7CCC(C(C)C)CC7)c7c(O)cc8[nH]c9c%10c(c3c(c6c54)c7c8%10)C1CC9=O)S(=O)C2.CCC(C)CC(C)CCCC1C2=c3c4c(sc5cnc6c(CCC(CSCC7CCCCC7)C(C)C)c7c(O)cc8[nH]c9c%10c(c3c(c6c54)c7c8%10)C1CC9=O)S(=O)C2. The van der Waals surface area contributed by atoms with Gasteiger partial charge in [-0.25, -0.2) is 0 Å². The van der Waals surface area contributed by atoms with Crippen molar-refractivity contribution in [1.29, 1.82) is 0 Å². The van der Waals surface area contributed by atoms with Crippen LogP contribution in [-0.4, -0.2) is 84.7 Å². The number of nitrogens with one attached hydrogen (secondary N) is 2. The van der Waals surface area contributed by atoms with Gasteiger partial charge < -0.3 is 20.2 Å². The van der Waals surface area contributed by atoms with Crippen molar-refractivity contribution in [3.05, 3.63) is 68.6 Å². The van der Waals surface area contributed by atoms with E-state index in [1.54, 1.807) is 22.7 Å². The van der Waals surface area contributed by atoms with E-state index in [1.165, 1.54) is 181 Å². The Hall–Kier alpha value is -5.88. The van der Waals surface area contributed by atoms with Crippen LogP contribution in [0.2, 0.25) is 0 Å². The zero-order valence-electron chi connectivity index (χ0n) is 70.2. The number of hydrogen-bond donors (Lipinski definition) is 4. The molecule has 2 fully saturated rings. The van der Waals surface area contributed by atoms with Crippen molar-refractivity contribution in [3.8, 4) is 11.5 Å². The topological polar surface area (TPSA) is 166 Å². The molecule has 13 unspecified atom stereocenters. The summed E-state index contributed by atoms with van der Waals surface area (Å²) in [4.78, 5) is 46.7. The molecule has 0 radical (unpaired) electrons. The summed E-state index contributed by atoms with van der Waals surface area (Å²) in [5.41, 5.74) is 12.8. The lowest BCUT2D eigenvalue weighted by Crippen LogP contribution is -2.38. The molecule has 0 saturated heterocycles. The molecule has 10 nitrogen and oxygen atoms in total. The van der Waals surface area contributed by atoms with E-state index < -0.39 is 21.6 Å². The van der Waals surface area contributed by atoms with Crippen LogP contribution in [-0.2, 0) is 34.4 Å². The summed E-state index contributed by atoms with van der Waals surface area (Å²) < 4.78 is 33.3. The van der Waals surface area contributed by atoms with E-state index in [1.807, 2.05) is 18.3 Å². The second kappa shape index (κ2) is 29.5. The molecule has 22 rings (SSSR count). The number of aromatic nitrogens is 4.